The molecule has 0 aromatic carbocycles. The van der Waals surface area contributed by atoms with Gasteiger partial charge in [-0.25, -0.2) is 4.57 Å². The van der Waals surface area contributed by atoms with E-state index in [1.54, 1.807) is 0 Å². The lowest BCUT2D eigenvalue weighted by Gasteiger charge is -2.21. The van der Waals surface area contributed by atoms with Crippen LogP contribution in [0.1, 0.15) is 206 Å². The number of hydrogen-bond acceptors (Lipinski definition) is 9. The Morgan fingerprint density at radius 3 is 1.43 bits per heavy atom. The highest BCUT2D eigenvalue weighted by atomic mass is 31.2. The molecular weight excluding hydrogens is 693 g/mol. The molecule has 314 valence electrons. The number of amides is 1. The molecule has 0 heterocycles. The number of ether oxygens (including phenoxy) is 2. The van der Waals surface area contributed by atoms with Crippen molar-refractivity contribution in [1.29, 1.82) is 0 Å². The van der Waals surface area contributed by atoms with E-state index in [-0.39, 0.29) is 56.9 Å². The van der Waals surface area contributed by atoms with Gasteiger partial charge in [-0.2, -0.15) is 0 Å². The van der Waals surface area contributed by atoms with Gasteiger partial charge in [0.05, 0.1) is 13.2 Å². The summed E-state index contributed by atoms with van der Waals surface area (Å²) in [5.41, 5.74) is 0. The Hall–Kier alpha value is -1.32. The molecule has 0 aliphatic rings. The minimum Gasteiger partial charge on any atom is -0.460 e. The fraction of sp³-hybridized carbons (Fsp3) is 0.929. The summed E-state index contributed by atoms with van der Waals surface area (Å²) >= 11 is 0. The second-order valence-electron chi connectivity index (χ2n) is 14.7. The SMILES string of the molecule is CCCCCCCCCCCCCCCC(=O)CCC(COP(=O)(OC)OCCNC(=O)COC)OC(=O)CCCCCCCCCCCCCCC. The van der Waals surface area contributed by atoms with Gasteiger partial charge < -0.3 is 14.8 Å². The molecule has 53 heavy (non-hydrogen) atoms. The van der Waals surface area contributed by atoms with Gasteiger partial charge >= 0.3 is 13.8 Å². The summed E-state index contributed by atoms with van der Waals surface area (Å²) < 4.78 is 39.4. The largest absolute Gasteiger partial charge is 0.474 e. The fourth-order valence-electron chi connectivity index (χ4n) is 6.34. The monoisotopic (exact) mass is 776 g/mol. The minimum atomic E-state index is -3.97. The molecular formula is C42H82NO9P. The number of ketones is 1. The van der Waals surface area contributed by atoms with Crippen LogP contribution in [0.5, 0.6) is 0 Å². The van der Waals surface area contributed by atoms with E-state index in [0.29, 0.717) is 12.8 Å². The molecule has 0 aromatic heterocycles. The molecule has 0 aromatic rings. The molecule has 2 unspecified atom stereocenters. The van der Waals surface area contributed by atoms with Gasteiger partial charge in [-0.05, 0) is 19.3 Å². The zero-order valence-corrected chi connectivity index (χ0v) is 35.6. The van der Waals surface area contributed by atoms with Gasteiger partial charge in [0, 0.05) is 40.0 Å². The van der Waals surface area contributed by atoms with Crippen LogP contribution in [0.25, 0.3) is 0 Å². The van der Waals surface area contributed by atoms with Crippen molar-refractivity contribution in [1.82, 2.24) is 5.32 Å². The Labute approximate surface area is 325 Å². The van der Waals surface area contributed by atoms with Crippen LogP contribution < -0.4 is 5.32 Å². The van der Waals surface area contributed by atoms with Crippen LogP contribution in [0.4, 0.5) is 0 Å². The molecule has 0 spiro atoms. The first-order valence-electron chi connectivity index (χ1n) is 21.7. The van der Waals surface area contributed by atoms with Crippen molar-refractivity contribution in [2.45, 2.75) is 213 Å². The Morgan fingerprint density at radius 2 is 1.00 bits per heavy atom. The lowest BCUT2D eigenvalue weighted by atomic mass is 10.0. The van der Waals surface area contributed by atoms with E-state index >= 15 is 0 Å². The average Bonchev–Trinajstić information content (AvgIpc) is 3.15. The van der Waals surface area contributed by atoms with E-state index < -0.39 is 13.9 Å². The molecule has 0 saturated carbocycles. The number of rotatable bonds is 42. The van der Waals surface area contributed by atoms with E-state index in [4.69, 9.17) is 23.0 Å². The number of phosphoric acid groups is 1. The van der Waals surface area contributed by atoms with Gasteiger partial charge in [0.15, 0.2) is 0 Å². The summed E-state index contributed by atoms with van der Waals surface area (Å²) in [4.78, 5) is 37.1. The zero-order valence-electron chi connectivity index (χ0n) is 34.7. The molecule has 0 saturated heterocycles. The summed E-state index contributed by atoms with van der Waals surface area (Å²) in [7, 11) is -1.35. The third-order valence-electron chi connectivity index (χ3n) is 9.68. The van der Waals surface area contributed by atoms with E-state index in [1.807, 2.05) is 0 Å². The first-order chi connectivity index (χ1) is 25.8. The first kappa shape index (κ1) is 51.7. The maximum Gasteiger partial charge on any atom is 0.474 e. The molecule has 0 aliphatic carbocycles. The van der Waals surface area contributed by atoms with Crippen LogP contribution >= 0.6 is 7.82 Å². The van der Waals surface area contributed by atoms with Crippen LogP contribution in [-0.4, -0.2) is 64.3 Å². The Kier molecular flexibility index (Phi) is 38.0. The zero-order chi connectivity index (χ0) is 39.1. The van der Waals surface area contributed by atoms with Crippen molar-refractivity contribution >= 4 is 25.5 Å². The third-order valence-corrected chi connectivity index (χ3v) is 11.1. The summed E-state index contributed by atoms with van der Waals surface area (Å²) in [6.45, 7) is 4.16. The topological polar surface area (TPSA) is 126 Å². The van der Waals surface area contributed by atoms with Crippen molar-refractivity contribution in [3.63, 3.8) is 0 Å². The van der Waals surface area contributed by atoms with Gasteiger partial charge in [-0.15, -0.1) is 0 Å². The first-order valence-corrected chi connectivity index (χ1v) is 23.2. The molecule has 0 bridgehead atoms. The molecule has 0 fully saturated rings. The highest BCUT2D eigenvalue weighted by Crippen LogP contribution is 2.48. The molecule has 0 aliphatic heterocycles. The second kappa shape index (κ2) is 38.9. The van der Waals surface area contributed by atoms with Crippen molar-refractivity contribution in [2.75, 3.05) is 40.6 Å². The molecule has 1 N–H and O–H groups in total. The number of phosphoric ester groups is 1. The highest BCUT2D eigenvalue weighted by Gasteiger charge is 2.28. The Balaban J connectivity index is 4.53. The van der Waals surface area contributed by atoms with Crippen LogP contribution in [0, 0.1) is 0 Å². The molecule has 0 radical (unpaired) electrons. The molecule has 1 amide bonds. The normalized spacial score (nSPS) is 13.1. The van der Waals surface area contributed by atoms with Gasteiger partial charge in [0.25, 0.3) is 0 Å². The van der Waals surface area contributed by atoms with Crippen LogP contribution in [0.3, 0.4) is 0 Å². The summed E-state index contributed by atoms with van der Waals surface area (Å²) in [5.74, 6) is -0.550. The number of carbonyl (C=O) groups is 3. The predicted octanol–water partition coefficient (Wildman–Crippen LogP) is 11.8. The minimum absolute atomic E-state index is 0.0874. The van der Waals surface area contributed by atoms with Crippen LogP contribution in [0.2, 0.25) is 0 Å². The maximum absolute atomic E-state index is 13.0. The van der Waals surface area contributed by atoms with E-state index in [1.165, 1.54) is 143 Å². The lowest BCUT2D eigenvalue weighted by molar-refractivity contribution is -0.152. The number of methoxy groups -OCH3 is 1. The smallest absolute Gasteiger partial charge is 0.460 e. The number of nitrogens with one attached hydrogen (secondary N) is 1. The number of hydrogen-bond donors (Lipinski definition) is 1. The molecule has 11 heteroatoms. The van der Waals surface area contributed by atoms with Crippen molar-refractivity contribution in [3.05, 3.63) is 0 Å². The van der Waals surface area contributed by atoms with Crippen molar-refractivity contribution in [3.8, 4) is 0 Å². The van der Waals surface area contributed by atoms with Gasteiger partial charge in [0.2, 0.25) is 5.91 Å². The number of Topliss-reactive ketones (excluding diaryl/α,β-unsaturated/α-hetero) is 1. The van der Waals surface area contributed by atoms with Crippen molar-refractivity contribution < 1.29 is 42.0 Å². The fourth-order valence-corrected chi connectivity index (χ4v) is 7.29. The van der Waals surface area contributed by atoms with Gasteiger partial charge in [0.1, 0.15) is 18.5 Å². The Bertz CT molecular complexity index is 904. The van der Waals surface area contributed by atoms with E-state index in [9.17, 15) is 18.9 Å². The standard InChI is InChI=1S/C42H82NO9P/c1-5-7-9-11-13-15-17-19-21-23-25-27-29-31-39(44)33-34-40(37-51-53(47,49-4)50-36-35-43-41(45)38-48-3)52-42(46)32-30-28-26-24-22-20-18-16-14-12-10-8-6-2/h40H,5-38H2,1-4H3,(H,43,45). The quantitative estimate of drug-likeness (QED) is 0.0366. The highest BCUT2D eigenvalue weighted by molar-refractivity contribution is 7.48. The van der Waals surface area contributed by atoms with Gasteiger partial charge in [-0.3, -0.25) is 28.0 Å². The number of carbonyl (C=O) groups excluding carboxylic acids is 3. The third kappa shape index (κ3) is 36.1. The molecule has 10 nitrogen and oxygen atoms in total. The second-order valence-corrected chi connectivity index (χ2v) is 16.5. The average molecular weight is 776 g/mol. The van der Waals surface area contributed by atoms with E-state index in [0.717, 1.165) is 38.5 Å². The van der Waals surface area contributed by atoms with Crippen LogP contribution in [0.15, 0.2) is 0 Å². The number of unbranched alkanes of at least 4 members (excludes halogenated alkanes) is 24. The molecule has 0 rings (SSSR count). The molecule has 2 atom stereocenters. The van der Waals surface area contributed by atoms with Gasteiger partial charge in [-0.1, -0.05) is 168 Å². The summed E-state index contributed by atoms with van der Waals surface area (Å²) in [6.07, 6.45) is 32.8. The lowest BCUT2D eigenvalue weighted by Crippen LogP contribution is -2.30. The van der Waals surface area contributed by atoms with Crippen LogP contribution in [-0.2, 0) is 42.0 Å². The predicted molar refractivity (Wildman–Crippen MR) is 216 cm³/mol. The maximum atomic E-state index is 13.0. The van der Waals surface area contributed by atoms with Crippen molar-refractivity contribution in [2.24, 2.45) is 0 Å². The Morgan fingerprint density at radius 1 is 0.566 bits per heavy atom. The van der Waals surface area contributed by atoms with E-state index in [2.05, 4.69) is 19.2 Å². The summed E-state index contributed by atoms with van der Waals surface area (Å²) in [6, 6.07) is 0. The number of esters is 1. The summed E-state index contributed by atoms with van der Waals surface area (Å²) in [5, 5.41) is 2.57.